The van der Waals surface area contributed by atoms with Gasteiger partial charge in [0.2, 0.25) is 5.95 Å². The van der Waals surface area contributed by atoms with E-state index in [1.54, 1.807) is 23.1 Å². The first-order valence-electron chi connectivity index (χ1n) is 18.3. The van der Waals surface area contributed by atoms with Gasteiger partial charge in [0.25, 0.3) is 5.88 Å². The lowest BCUT2D eigenvalue weighted by molar-refractivity contribution is -0.154. The molecule has 0 bridgehead atoms. The number of nitrogens with one attached hydrogen (secondary N) is 1. The molecule has 282 valence electrons. The van der Waals surface area contributed by atoms with Gasteiger partial charge in [-0.3, -0.25) is 14.4 Å². The van der Waals surface area contributed by atoms with Crippen LogP contribution in [0.2, 0.25) is 0 Å². The first-order valence-corrected chi connectivity index (χ1v) is 18.3. The molecule has 2 aliphatic rings. The molecule has 3 atom stereocenters. The number of anilines is 2. The van der Waals surface area contributed by atoms with Crippen molar-refractivity contribution in [3.05, 3.63) is 48.7 Å². The fourth-order valence-corrected chi connectivity index (χ4v) is 7.13. The Morgan fingerprint density at radius 2 is 1.81 bits per heavy atom. The van der Waals surface area contributed by atoms with Crippen molar-refractivity contribution in [2.45, 2.75) is 116 Å². The number of aromatic nitrogens is 8. The van der Waals surface area contributed by atoms with Gasteiger partial charge in [0.1, 0.15) is 35.5 Å². The first kappa shape index (κ1) is 37.6. The number of rotatable bonds is 14. The molecule has 1 aliphatic carbocycles. The highest BCUT2D eigenvalue weighted by atomic mass is 16.6. The Balaban J connectivity index is 1.15. The van der Waals surface area contributed by atoms with E-state index in [4.69, 9.17) is 24.0 Å². The molecule has 6 rings (SSSR count). The van der Waals surface area contributed by atoms with Crippen LogP contribution in [-0.2, 0) is 20.8 Å². The lowest BCUT2D eigenvalue weighted by Crippen LogP contribution is -2.51. The number of ether oxygens (including phenoxy) is 4. The van der Waals surface area contributed by atoms with Gasteiger partial charge in [-0.1, -0.05) is 6.07 Å². The molecule has 1 aliphatic heterocycles. The molecule has 3 aromatic heterocycles. The van der Waals surface area contributed by atoms with E-state index >= 15 is 0 Å². The number of morpholine rings is 1. The number of carbonyl (C=O) groups excluding carboxylic acids is 1. The number of esters is 1. The summed E-state index contributed by atoms with van der Waals surface area (Å²) in [4.78, 5) is 23.4. The maximum Gasteiger partial charge on any atom is 0.303 e. The summed E-state index contributed by atoms with van der Waals surface area (Å²) in [6.45, 7) is 14.0. The summed E-state index contributed by atoms with van der Waals surface area (Å²) in [5, 5.41) is 29.1. The summed E-state index contributed by atoms with van der Waals surface area (Å²) in [5.74, 6) is 0.915. The van der Waals surface area contributed by atoms with Crippen molar-refractivity contribution in [2.75, 3.05) is 25.0 Å². The molecule has 0 spiro atoms. The molecule has 53 heavy (non-hydrogen) atoms. The summed E-state index contributed by atoms with van der Waals surface area (Å²) in [7, 11) is 0. The summed E-state index contributed by atoms with van der Waals surface area (Å²) in [6.07, 6.45) is 11.8. The predicted molar refractivity (Wildman–Crippen MR) is 194 cm³/mol. The molecule has 1 aromatic carbocycles. The third-order valence-electron chi connectivity index (χ3n) is 9.56. The van der Waals surface area contributed by atoms with Crippen molar-refractivity contribution >= 4 is 17.6 Å². The average molecular weight is 728 g/mol. The average Bonchev–Trinajstić information content (AvgIpc) is 3.77. The van der Waals surface area contributed by atoms with Gasteiger partial charge in [-0.25, -0.2) is 14.6 Å². The second-order valence-electron chi connectivity index (χ2n) is 14.7. The van der Waals surface area contributed by atoms with E-state index in [2.05, 4.69) is 55.6 Å². The van der Waals surface area contributed by atoms with Crippen LogP contribution in [0.25, 0.3) is 11.1 Å². The van der Waals surface area contributed by atoms with Crippen molar-refractivity contribution in [3.63, 3.8) is 0 Å². The lowest BCUT2D eigenvalue weighted by atomic mass is 9.89. The number of carbonyl (C=O) groups is 1. The van der Waals surface area contributed by atoms with Crippen molar-refractivity contribution in [3.8, 4) is 28.8 Å². The minimum Gasteiger partial charge on any atom is -0.487 e. The summed E-state index contributed by atoms with van der Waals surface area (Å²) in [6, 6.07) is 8.33. The zero-order valence-electron chi connectivity index (χ0n) is 31.3. The molecule has 0 amide bonds. The monoisotopic (exact) mass is 727 g/mol. The number of benzene rings is 1. The van der Waals surface area contributed by atoms with Gasteiger partial charge in [0, 0.05) is 50.4 Å². The Bertz CT molecular complexity index is 1840. The van der Waals surface area contributed by atoms with Gasteiger partial charge in [0.05, 0.1) is 43.2 Å². The summed E-state index contributed by atoms with van der Waals surface area (Å²) >= 11 is 0. The molecule has 1 saturated carbocycles. The van der Waals surface area contributed by atoms with Crippen LogP contribution in [0.4, 0.5) is 11.6 Å². The van der Waals surface area contributed by atoms with Gasteiger partial charge in [-0.2, -0.15) is 5.26 Å². The maximum absolute atomic E-state index is 11.6. The van der Waals surface area contributed by atoms with Crippen molar-refractivity contribution in [2.24, 2.45) is 0 Å². The Morgan fingerprint density at radius 1 is 1.09 bits per heavy atom. The first-order chi connectivity index (χ1) is 25.4. The number of hydrogen-bond donors (Lipinski definition) is 1. The van der Waals surface area contributed by atoms with Crippen LogP contribution < -0.4 is 14.8 Å². The molecule has 2 fully saturated rings. The van der Waals surface area contributed by atoms with E-state index in [0.29, 0.717) is 54.4 Å². The second kappa shape index (κ2) is 16.7. The van der Waals surface area contributed by atoms with E-state index < -0.39 is 5.60 Å². The largest absolute Gasteiger partial charge is 0.487 e. The molecule has 0 radical (unpaired) electrons. The van der Waals surface area contributed by atoms with Gasteiger partial charge in [0.15, 0.2) is 0 Å². The minimum absolute atomic E-state index is 0.226. The Morgan fingerprint density at radius 3 is 2.47 bits per heavy atom. The van der Waals surface area contributed by atoms with Crippen LogP contribution in [0.15, 0.2) is 43.1 Å². The molecule has 1 N–H and O–H groups in total. The number of nitriles is 1. The zero-order valence-corrected chi connectivity index (χ0v) is 31.3. The molecule has 16 nitrogen and oxygen atoms in total. The zero-order chi connectivity index (χ0) is 37.5. The smallest absolute Gasteiger partial charge is 0.303 e. The van der Waals surface area contributed by atoms with Crippen LogP contribution in [0, 0.1) is 11.3 Å². The van der Waals surface area contributed by atoms with Crippen molar-refractivity contribution in [1.29, 1.82) is 5.26 Å². The topological polar surface area (TPSA) is 180 Å². The highest BCUT2D eigenvalue weighted by Gasteiger charge is 2.32. The minimum atomic E-state index is -0.684. The highest BCUT2D eigenvalue weighted by Crippen LogP contribution is 2.36. The normalized spacial score (nSPS) is 21.4. The third-order valence-corrected chi connectivity index (χ3v) is 9.56. The van der Waals surface area contributed by atoms with E-state index in [1.807, 2.05) is 43.8 Å². The fraction of sp³-hybridized carbons (Fsp3) is 0.568. The Kier molecular flexibility index (Phi) is 11.8. The van der Waals surface area contributed by atoms with Gasteiger partial charge < -0.3 is 24.3 Å². The van der Waals surface area contributed by atoms with Crippen LogP contribution in [0.5, 0.6) is 11.6 Å². The van der Waals surface area contributed by atoms with Crippen LogP contribution >= 0.6 is 0 Å². The predicted octanol–water partition coefficient (Wildman–Crippen LogP) is 5.11. The van der Waals surface area contributed by atoms with E-state index in [-0.39, 0.29) is 30.3 Å². The summed E-state index contributed by atoms with van der Waals surface area (Å²) < 4.78 is 27.3. The van der Waals surface area contributed by atoms with E-state index in [1.165, 1.54) is 13.3 Å². The molecule has 0 unspecified atom stereocenters. The Labute approximate surface area is 309 Å². The molecule has 4 heterocycles. The molecule has 1 saturated heterocycles. The van der Waals surface area contributed by atoms with Crippen LogP contribution in [0.1, 0.15) is 85.3 Å². The quantitative estimate of drug-likeness (QED) is 0.169. The van der Waals surface area contributed by atoms with Crippen LogP contribution in [0.3, 0.4) is 0 Å². The van der Waals surface area contributed by atoms with E-state index in [0.717, 1.165) is 49.9 Å². The SMILES string of the molecule is CC(=O)OC(C)(C)CCOc1nn([C@H]2CC[C@H](N3C[C@@H](C)O[C@@H](C)C3)CC2)cc1Nc1ncc(-c2ccc(C#N)c(O[C@@H](C)Cn3cnnn3)c2)cn1. The Hall–Kier alpha value is -5.14. The van der Waals surface area contributed by atoms with Crippen LogP contribution in [-0.4, -0.2) is 100 Å². The molecular formula is C37H49N11O5. The maximum atomic E-state index is 11.6. The van der Waals surface area contributed by atoms with Gasteiger partial charge in [-0.05, 0) is 88.4 Å². The van der Waals surface area contributed by atoms with Gasteiger partial charge >= 0.3 is 5.97 Å². The third kappa shape index (κ3) is 10.1. The fourth-order valence-electron chi connectivity index (χ4n) is 7.13. The summed E-state index contributed by atoms with van der Waals surface area (Å²) in [5.41, 5.74) is 1.92. The molecule has 4 aromatic rings. The van der Waals surface area contributed by atoms with E-state index in [9.17, 15) is 10.1 Å². The highest BCUT2D eigenvalue weighted by molar-refractivity contribution is 5.67. The lowest BCUT2D eigenvalue weighted by Gasteiger charge is -2.42. The number of hydrogen-bond acceptors (Lipinski definition) is 14. The number of nitrogens with zero attached hydrogens (tertiary/aromatic N) is 10. The molecule has 16 heteroatoms. The molecular weight excluding hydrogens is 678 g/mol. The standard InChI is InChI=1S/C37H49N11O5/c1-24-19-46(20-25(2)51-24)31-9-11-32(12-10-31)48-22-33(35(43-48)50-14-13-37(5,6)53-27(4)49)42-36-39-17-30(18-40-36)28-7-8-29(16-38)34(15-28)52-26(3)21-47-23-41-44-45-47/h7-8,15,17-18,22-26,31-32H,9-14,19-21H2,1-6H3,(H,39,40,42)/t24-,25+,26-,31-,32-/m0/s1. The van der Waals surface area contributed by atoms with Crippen molar-refractivity contribution in [1.82, 2.24) is 44.9 Å². The van der Waals surface area contributed by atoms with Gasteiger partial charge in [-0.15, -0.1) is 10.2 Å². The second-order valence-corrected chi connectivity index (χ2v) is 14.7. The van der Waals surface area contributed by atoms with Crippen molar-refractivity contribution < 1.29 is 23.7 Å². The number of tetrazole rings is 1.